The third kappa shape index (κ3) is 4.64. The number of amides is 1. The molecule has 0 radical (unpaired) electrons. The van der Waals surface area contributed by atoms with E-state index >= 15 is 0 Å². The van der Waals surface area contributed by atoms with Crippen LogP contribution in [0.4, 0.5) is 0 Å². The fourth-order valence-corrected chi connectivity index (χ4v) is 4.27. The van der Waals surface area contributed by atoms with E-state index in [1.165, 1.54) is 17.7 Å². The highest BCUT2D eigenvalue weighted by Crippen LogP contribution is 2.27. The van der Waals surface area contributed by atoms with Gasteiger partial charge in [0.2, 0.25) is 0 Å². The number of rotatable bonds is 6. The lowest BCUT2D eigenvalue weighted by Crippen LogP contribution is -2.29. The van der Waals surface area contributed by atoms with Crippen LogP contribution in [0.3, 0.4) is 0 Å². The molecule has 6 heteroatoms. The number of sulfone groups is 1. The van der Waals surface area contributed by atoms with Crippen molar-refractivity contribution in [1.82, 2.24) is 5.32 Å². The molecule has 1 heterocycles. The van der Waals surface area contributed by atoms with Crippen LogP contribution >= 0.6 is 11.3 Å². The predicted molar refractivity (Wildman–Crippen MR) is 109 cm³/mol. The van der Waals surface area contributed by atoms with Crippen LogP contribution in [-0.2, 0) is 16.3 Å². The fourth-order valence-electron chi connectivity index (χ4n) is 2.80. The zero-order chi connectivity index (χ0) is 19.4. The summed E-state index contributed by atoms with van der Waals surface area (Å²) in [5.41, 5.74) is 2.54. The Balaban J connectivity index is 1.91. The van der Waals surface area contributed by atoms with E-state index in [4.69, 9.17) is 0 Å². The van der Waals surface area contributed by atoms with Crippen LogP contribution in [0.2, 0.25) is 0 Å². The third-order valence-electron chi connectivity index (χ3n) is 4.35. The topological polar surface area (TPSA) is 63.2 Å². The van der Waals surface area contributed by atoms with Gasteiger partial charge < -0.3 is 5.32 Å². The van der Waals surface area contributed by atoms with Crippen molar-refractivity contribution < 1.29 is 13.2 Å². The van der Waals surface area contributed by atoms with E-state index in [9.17, 15) is 13.2 Å². The van der Waals surface area contributed by atoms with Crippen molar-refractivity contribution >= 4 is 27.1 Å². The molecule has 3 aromatic rings. The monoisotopic (exact) mass is 399 g/mol. The third-order valence-corrected chi connectivity index (χ3v) is 6.40. The molecule has 0 spiro atoms. The Labute approximate surface area is 163 Å². The van der Waals surface area contributed by atoms with Gasteiger partial charge in [0, 0.05) is 16.7 Å². The molecule has 2 aromatic carbocycles. The minimum atomic E-state index is -3.37. The highest BCUT2D eigenvalue weighted by molar-refractivity contribution is 7.90. The molecule has 4 nitrogen and oxygen atoms in total. The van der Waals surface area contributed by atoms with Gasteiger partial charge in [-0.1, -0.05) is 43.3 Å². The first-order valence-corrected chi connectivity index (χ1v) is 11.4. The van der Waals surface area contributed by atoms with Gasteiger partial charge in [-0.3, -0.25) is 4.79 Å². The maximum Gasteiger partial charge on any atom is 0.252 e. The average Bonchev–Trinajstić information content (AvgIpc) is 3.20. The Morgan fingerprint density at radius 2 is 1.81 bits per heavy atom. The molecule has 1 atom stereocenters. The lowest BCUT2D eigenvalue weighted by atomic mass is 10.0. The summed E-state index contributed by atoms with van der Waals surface area (Å²) >= 11 is 1.57. The molecule has 1 aromatic heterocycles. The van der Waals surface area contributed by atoms with Gasteiger partial charge in [0.05, 0.1) is 10.9 Å². The van der Waals surface area contributed by atoms with Gasteiger partial charge in [0.15, 0.2) is 9.84 Å². The van der Waals surface area contributed by atoms with Crippen LogP contribution in [-0.4, -0.2) is 20.6 Å². The van der Waals surface area contributed by atoms with Crippen molar-refractivity contribution in [3.63, 3.8) is 0 Å². The average molecular weight is 400 g/mol. The molecule has 140 valence electrons. The van der Waals surface area contributed by atoms with Gasteiger partial charge >= 0.3 is 0 Å². The van der Waals surface area contributed by atoms with Crippen molar-refractivity contribution in [2.75, 3.05) is 6.26 Å². The first-order chi connectivity index (χ1) is 12.9. The number of thiophene rings is 1. The Morgan fingerprint density at radius 3 is 2.41 bits per heavy atom. The first kappa shape index (κ1) is 19.3. The van der Waals surface area contributed by atoms with Crippen LogP contribution < -0.4 is 5.32 Å². The normalized spacial score (nSPS) is 12.5. The summed E-state index contributed by atoms with van der Waals surface area (Å²) < 4.78 is 23.5. The highest BCUT2D eigenvalue weighted by Gasteiger charge is 2.20. The van der Waals surface area contributed by atoms with Crippen LogP contribution in [0.1, 0.15) is 39.3 Å². The molecule has 0 bridgehead atoms. The second-order valence-corrected chi connectivity index (χ2v) is 9.31. The number of hydrogen-bond acceptors (Lipinski definition) is 4. The Morgan fingerprint density at radius 1 is 1.07 bits per heavy atom. The summed E-state index contributed by atoms with van der Waals surface area (Å²) in [5, 5.41) is 5.02. The van der Waals surface area contributed by atoms with E-state index in [1.54, 1.807) is 23.5 Å². The lowest BCUT2D eigenvalue weighted by molar-refractivity contribution is 0.0943. The SMILES string of the molecule is CCc1ccc(C(NC(=O)c2cccc(S(C)(=O)=O)c2)c2cccs2)cc1. The number of benzene rings is 2. The number of aryl methyl sites for hydroxylation is 1. The summed E-state index contributed by atoms with van der Waals surface area (Å²) in [6.07, 6.45) is 2.09. The number of nitrogens with one attached hydrogen (secondary N) is 1. The van der Waals surface area contributed by atoms with Gasteiger partial charge in [-0.25, -0.2) is 8.42 Å². The van der Waals surface area contributed by atoms with Crippen molar-refractivity contribution in [2.45, 2.75) is 24.3 Å². The Hall–Kier alpha value is -2.44. The van der Waals surface area contributed by atoms with Crippen molar-refractivity contribution in [3.05, 3.63) is 87.6 Å². The highest BCUT2D eigenvalue weighted by atomic mass is 32.2. The smallest absolute Gasteiger partial charge is 0.252 e. The second kappa shape index (κ2) is 8.06. The minimum Gasteiger partial charge on any atom is -0.340 e. The van der Waals surface area contributed by atoms with Crippen molar-refractivity contribution in [2.24, 2.45) is 0 Å². The zero-order valence-electron chi connectivity index (χ0n) is 15.2. The van der Waals surface area contributed by atoms with E-state index < -0.39 is 9.84 Å². The molecule has 0 fully saturated rings. The maximum absolute atomic E-state index is 12.8. The predicted octanol–water partition coefficient (Wildman–Crippen LogP) is 4.23. The summed E-state index contributed by atoms with van der Waals surface area (Å²) in [4.78, 5) is 14.0. The van der Waals surface area contributed by atoms with E-state index in [0.717, 1.165) is 23.1 Å². The second-order valence-electron chi connectivity index (χ2n) is 6.32. The van der Waals surface area contributed by atoms with Crippen LogP contribution in [0, 0.1) is 0 Å². The molecule has 1 amide bonds. The summed E-state index contributed by atoms with van der Waals surface area (Å²) in [5.74, 6) is -0.307. The summed E-state index contributed by atoms with van der Waals surface area (Å²) in [6.45, 7) is 2.10. The number of carbonyl (C=O) groups is 1. The molecule has 0 saturated heterocycles. The molecule has 27 heavy (non-hydrogen) atoms. The Bertz CT molecular complexity index is 1020. The molecule has 0 aliphatic carbocycles. The molecule has 1 unspecified atom stereocenters. The molecular weight excluding hydrogens is 378 g/mol. The van der Waals surface area contributed by atoms with E-state index in [-0.39, 0.29) is 16.8 Å². The van der Waals surface area contributed by atoms with Crippen molar-refractivity contribution in [1.29, 1.82) is 0 Å². The zero-order valence-corrected chi connectivity index (χ0v) is 16.8. The van der Waals surface area contributed by atoms with Gasteiger partial charge in [0.25, 0.3) is 5.91 Å². The molecule has 0 saturated carbocycles. The van der Waals surface area contributed by atoms with Gasteiger partial charge in [-0.15, -0.1) is 11.3 Å². The van der Waals surface area contributed by atoms with Crippen LogP contribution in [0.15, 0.2) is 70.9 Å². The summed E-state index contributed by atoms with van der Waals surface area (Å²) in [7, 11) is -3.37. The molecule has 0 aliphatic rings. The standard InChI is InChI=1S/C21H21NO3S2/c1-3-15-9-11-16(12-10-15)20(19-8-5-13-26-19)22-21(23)17-6-4-7-18(14-17)27(2,24)25/h4-14,20H,3H2,1-2H3,(H,22,23). The molecule has 1 N–H and O–H groups in total. The largest absolute Gasteiger partial charge is 0.340 e. The quantitative estimate of drug-likeness (QED) is 0.675. The first-order valence-electron chi connectivity index (χ1n) is 8.61. The van der Waals surface area contributed by atoms with Crippen LogP contribution in [0.5, 0.6) is 0 Å². The fraction of sp³-hybridized carbons (Fsp3) is 0.190. The lowest BCUT2D eigenvalue weighted by Gasteiger charge is -2.19. The number of hydrogen-bond donors (Lipinski definition) is 1. The molecule has 3 rings (SSSR count). The summed E-state index contributed by atoms with van der Waals surface area (Å²) in [6, 6.07) is 17.9. The molecular formula is C21H21NO3S2. The van der Waals surface area contributed by atoms with Gasteiger partial charge in [0.1, 0.15) is 0 Å². The van der Waals surface area contributed by atoms with Gasteiger partial charge in [-0.2, -0.15) is 0 Å². The maximum atomic E-state index is 12.8. The van der Waals surface area contributed by atoms with Crippen molar-refractivity contribution in [3.8, 4) is 0 Å². The minimum absolute atomic E-state index is 0.134. The van der Waals surface area contributed by atoms with Crippen LogP contribution in [0.25, 0.3) is 0 Å². The van der Waals surface area contributed by atoms with E-state index in [1.807, 2.05) is 29.6 Å². The Kier molecular flexibility index (Phi) is 5.77. The van der Waals surface area contributed by atoms with E-state index in [2.05, 4.69) is 24.4 Å². The van der Waals surface area contributed by atoms with Gasteiger partial charge in [-0.05, 0) is 47.2 Å². The number of carbonyl (C=O) groups excluding carboxylic acids is 1. The van der Waals surface area contributed by atoms with E-state index in [0.29, 0.717) is 5.56 Å². The molecule has 0 aliphatic heterocycles.